The van der Waals surface area contributed by atoms with Crippen molar-refractivity contribution in [2.24, 2.45) is 0 Å². The lowest BCUT2D eigenvalue weighted by molar-refractivity contribution is 0.173. The Morgan fingerprint density at radius 1 is 1.05 bits per heavy atom. The summed E-state index contributed by atoms with van der Waals surface area (Å²) in [5.41, 5.74) is 5.86. The quantitative estimate of drug-likeness (QED) is 0.882. The van der Waals surface area contributed by atoms with Gasteiger partial charge in [0.2, 0.25) is 0 Å². The van der Waals surface area contributed by atoms with Gasteiger partial charge in [-0.2, -0.15) is 0 Å². The molecular weight excluding hydrogens is 246 g/mol. The van der Waals surface area contributed by atoms with Gasteiger partial charge >= 0.3 is 0 Å². The van der Waals surface area contributed by atoms with Crippen molar-refractivity contribution in [2.75, 3.05) is 11.9 Å². The van der Waals surface area contributed by atoms with Crippen LogP contribution in [0.15, 0.2) is 42.5 Å². The molecule has 2 heteroatoms. The molecule has 0 aliphatic carbocycles. The second-order valence-corrected chi connectivity index (χ2v) is 5.36. The van der Waals surface area contributed by atoms with Gasteiger partial charge in [0.15, 0.2) is 0 Å². The number of anilines is 2. The van der Waals surface area contributed by atoms with E-state index < -0.39 is 0 Å². The van der Waals surface area contributed by atoms with Crippen LogP contribution >= 0.6 is 0 Å². The van der Waals surface area contributed by atoms with Gasteiger partial charge in [-0.25, -0.2) is 0 Å². The minimum Gasteiger partial charge on any atom is -0.388 e. The maximum absolute atomic E-state index is 9.84. The highest BCUT2D eigenvalue weighted by atomic mass is 16.3. The largest absolute Gasteiger partial charge is 0.388 e. The fourth-order valence-corrected chi connectivity index (χ4v) is 2.48. The van der Waals surface area contributed by atoms with E-state index in [9.17, 15) is 5.11 Å². The Kier molecular flexibility index (Phi) is 4.46. The molecule has 0 radical (unpaired) electrons. The van der Waals surface area contributed by atoms with Gasteiger partial charge in [-0.15, -0.1) is 0 Å². The third kappa shape index (κ3) is 3.02. The maximum Gasteiger partial charge on any atom is 0.0787 e. The number of hydrogen-bond acceptors (Lipinski definition) is 2. The number of benzene rings is 2. The Morgan fingerprint density at radius 3 is 2.25 bits per heavy atom. The zero-order valence-electron chi connectivity index (χ0n) is 12.7. The van der Waals surface area contributed by atoms with Crippen LogP contribution in [0.4, 0.5) is 11.4 Å². The van der Waals surface area contributed by atoms with E-state index in [1.54, 1.807) is 0 Å². The molecular formula is C18H23NO. The molecule has 2 aromatic rings. The zero-order valence-corrected chi connectivity index (χ0v) is 12.7. The molecule has 0 heterocycles. The van der Waals surface area contributed by atoms with Crippen LogP contribution in [-0.2, 0) is 0 Å². The monoisotopic (exact) mass is 269 g/mol. The molecule has 20 heavy (non-hydrogen) atoms. The van der Waals surface area contributed by atoms with Crippen molar-refractivity contribution in [3.8, 4) is 0 Å². The molecule has 106 valence electrons. The molecule has 0 aliphatic rings. The fourth-order valence-electron chi connectivity index (χ4n) is 2.48. The van der Waals surface area contributed by atoms with Gasteiger partial charge in [-0.3, -0.25) is 0 Å². The lowest BCUT2D eigenvalue weighted by atomic mass is 10.1. The van der Waals surface area contributed by atoms with E-state index in [-0.39, 0.29) is 6.10 Å². The molecule has 0 saturated carbocycles. The summed E-state index contributed by atoms with van der Waals surface area (Å²) in [5.74, 6) is 0. The second-order valence-electron chi connectivity index (χ2n) is 5.36. The lowest BCUT2D eigenvalue weighted by Gasteiger charge is -2.22. The summed E-state index contributed by atoms with van der Waals surface area (Å²) < 4.78 is 0. The lowest BCUT2D eigenvalue weighted by Crippen LogP contribution is -2.11. The summed E-state index contributed by atoms with van der Waals surface area (Å²) in [6.07, 6.45) is 0.377. The van der Waals surface area contributed by atoms with Crippen LogP contribution in [0.5, 0.6) is 0 Å². The Morgan fingerprint density at radius 2 is 1.70 bits per heavy atom. The standard InChI is InChI=1S/C18H23NO/c1-5-18(20)15-7-9-16(10-8-15)19(4)17-11-6-13(2)12-14(17)3/h6-12,18,20H,5H2,1-4H3. The molecule has 0 aliphatic heterocycles. The molecule has 1 unspecified atom stereocenters. The van der Waals surface area contributed by atoms with Crippen molar-refractivity contribution in [3.05, 3.63) is 59.2 Å². The van der Waals surface area contributed by atoms with Crippen molar-refractivity contribution in [2.45, 2.75) is 33.3 Å². The van der Waals surface area contributed by atoms with E-state index in [2.05, 4.69) is 56.1 Å². The van der Waals surface area contributed by atoms with Crippen LogP contribution in [-0.4, -0.2) is 12.2 Å². The number of rotatable bonds is 4. The van der Waals surface area contributed by atoms with E-state index in [0.717, 1.165) is 17.7 Å². The molecule has 0 saturated heterocycles. The van der Waals surface area contributed by atoms with E-state index in [1.807, 2.05) is 19.1 Å². The Balaban J connectivity index is 2.26. The molecule has 0 fully saturated rings. The summed E-state index contributed by atoms with van der Waals surface area (Å²) >= 11 is 0. The Bertz CT molecular complexity index is 574. The van der Waals surface area contributed by atoms with Gasteiger partial charge in [-0.05, 0) is 49.6 Å². The summed E-state index contributed by atoms with van der Waals surface area (Å²) in [6.45, 7) is 6.23. The normalized spacial score (nSPS) is 12.2. The van der Waals surface area contributed by atoms with Crippen LogP contribution in [0, 0.1) is 13.8 Å². The molecule has 2 nitrogen and oxygen atoms in total. The topological polar surface area (TPSA) is 23.5 Å². The molecule has 1 atom stereocenters. The first-order valence-electron chi connectivity index (χ1n) is 7.12. The molecule has 0 amide bonds. The first kappa shape index (κ1) is 14.6. The molecule has 0 aromatic heterocycles. The van der Waals surface area contributed by atoms with Crippen LogP contribution in [0.25, 0.3) is 0 Å². The van der Waals surface area contributed by atoms with Crippen LogP contribution in [0.2, 0.25) is 0 Å². The van der Waals surface area contributed by atoms with Crippen LogP contribution in [0.1, 0.15) is 36.1 Å². The highest BCUT2D eigenvalue weighted by Gasteiger charge is 2.09. The summed E-state index contributed by atoms with van der Waals surface area (Å²) in [6, 6.07) is 14.6. The third-order valence-electron chi connectivity index (χ3n) is 3.77. The van der Waals surface area contributed by atoms with Crippen molar-refractivity contribution in [1.82, 2.24) is 0 Å². The molecule has 1 N–H and O–H groups in total. The number of nitrogens with zero attached hydrogens (tertiary/aromatic N) is 1. The van der Waals surface area contributed by atoms with Crippen LogP contribution < -0.4 is 4.90 Å². The maximum atomic E-state index is 9.84. The number of aliphatic hydroxyl groups is 1. The van der Waals surface area contributed by atoms with Gasteiger partial charge in [0.25, 0.3) is 0 Å². The van der Waals surface area contributed by atoms with Crippen molar-refractivity contribution in [1.29, 1.82) is 0 Å². The zero-order chi connectivity index (χ0) is 14.7. The number of hydrogen-bond donors (Lipinski definition) is 1. The van der Waals surface area contributed by atoms with E-state index in [4.69, 9.17) is 0 Å². The third-order valence-corrected chi connectivity index (χ3v) is 3.77. The predicted octanol–water partition coefficient (Wildman–Crippen LogP) is 4.51. The van der Waals surface area contributed by atoms with Gasteiger partial charge in [0.05, 0.1) is 6.10 Å². The highest BCUT2D eigenvalue weighted by Crippen LogP contribution is 2.28. The first-order valence-corrected chi connectivity index (χ1v) is 7.12. The average molecular weight is 269 g/mol. The minimum absolute atomic E-state index is 0.365. The molecule has 0 spiro atoms. The Labute approximate surface area is 121 Å². The summed E-state index contributed by atoms with van der Waals surface area (Å²) in [5, 5.41) is 9.84. The first-order chi connectivity index (χ1) is 9.52. The van der Waals surface area contributed by atoms with Crippen molar-refractivity contribution < 1.29 is 5.11 Å². The predicted molar refractivity (Wildman–Crippen MR) is 85.7 cm³/mol. The Hall–Kier alpha value is -1.80. The van der Waals surface area contributed by atoms with Crippen molar-refractivity contribution >= 4 is 11.4 Å². The second kappa shape index (κ2) is 6.10. The summed E-state index contributed by atoms with van der Waals surface area (Å²) in [4.78, 5) is 2.18. The van der Waals surface area contributed by atoms with Gasteiger partial charge in [0, 0.05) is 18.4 Å². The fraction of sp³-hybridized carbons (Fsp3) is 0.333. The number of aliphatic hydroxyl groups excluding tert-OH is 1. The molecule has 2 aromatic carbocycles. The van der Waals surface area contributed by atoms with E-state index in [0.29, 0.717) is 0 Å². The number of aryl methyl sites for hydroxylation is 2. The van der Waals surface area contributed by atoms with Gasteiger partial charge in [0.1, 0.15) is 0 Å². The van der Waals surface area contributed by atoms with Gasteiger partial charge in [-0.1, -0.05) is 36.8 Å². The van der Waals surface area contributed by atoms with E-state index >= 15 is 0 Å². The molecule has 2 rings (SSSR count). The smallest absolute Gasteiger partial charge is 0.0787 e. The van der Waals surface area contributed by atoms with E-state index in [1.165, 1.54) is 16.8 Å². The summed E-state index contributed by atoms with van der Waals surface area (Å²) in [7, 11) is 2.07. The van der Waals surface area contributed by atoms with Crippen molar-refractivity contribution in [3.63, 3.8) is 0 Å². The minimum atomic E-state index is -0.365. The molecule has 0 bridgehead atoms. The average Bonchev–Trinajstić information content (AvgIpc) is 2.46. The highest BCUT2D eigenvalue weighted by molar-refractivity contribution is 5.66. The van der Waals surface area contributed by atoms with Crippen LogP contribution in [0.3, 0.4) is 0 Å². The van der Waals surface area contributed by atoms with Gasteiger partial charge < -0.3 is 10.0 Å². The SMILES string of the molecule is CCC(O)c1ccc(N(C)c2ccc(C)cc2C)cc1.